The number of rotatable bonds is 2. The average Bonchev–Trinajstić information content (AvgIpc) is 2.23. The van der Waals surface area contributed by atoms with Crippen molar-refractivity contribution in [3.63, 3.8) is 0 Å². The Morgan fingerprint density at radius 1 is 1.18 bits per heavy atom. The second-order valence-electron chi connectivity index (χ2n) is 4.29. The van der Waals surface area contributed by atoms with Gasteiger partial charge < -0.3 is 4.57 Å². The first kappa shape index (κ1) is 12.4. The molecular formula is C14H14INO. The van der Waals surface area contributed by atoms with Gasteiger partial charge in [-0.3, -0.25) is 4.79 Å². The lowest BCUT2D eigenvalue weighted by Crippen LogP contribution is -2.21. The van der Waals surface area contributed by atoms with Gasteiger partial charge in [-0.05, 0) is 54.1 Å². The van der Waals surface area contributed by atoms with Crippen LogP contribution in [0.1, 0.15) is 16.7 Å². The Morgan fingerprint density at radius 2 is 1.82 bits per heavy atom. The van der Waals surface area contributed by atoms with E-state index in [2.05, 4.69) is 54.6 Å². The summed E-state index contributed by atoms with van der Waals surface area (Å²) in [6.07, 6.45) is 1.84. The number of pyridine rings is 1. The van der Waals surface area contributed by atoms with Crippen LogP contribution in [0.15, 0.2) is 41.3 Å². The summed E-state index contributed by atoms with van der Waals surface area (Å²) in [7, 11) is 0. The third-order valence-corrected chi connectivity index (χ3v) is 3.43. The third kappa shape index (κ3) is 2.97. The second-order valence-corrected chi connectivity index (χ2v) is 5.45. The highest BCUT2D eigenvalue weighted by Gasteiger charge is 2.02. The summed E-state index contributed by atoms with van der Waals surface area (Å²) in [4.78, 5) is 11.9. The van der Waals surface area contributed by atoms with Crippen molar-refractivity contribution in [3.05, 3.63) is 67.1 Å². The van der Waals surface area contributed by atoms with Gasteiger partial charge in [-0.15, -0.1) is 0 Å². The summed E-state index contributed by atoms with van der Waals surface area (Å²) >= 11 is 2.07. The quantitative estimate of drug-likeness (QED) is 0.771. The number of nitrogens with zero attached hydrogens (tertiary/aromatic N) is 1. The molecule has 88 valence electrons. The van der Waals surface area contributed by atoms with E-state index < -0.39 is 0 Å². The largest absolute Gasteiger partial charge is 0.310 e. The average molecular weight is 339 g/mol. The monoisotopic (exact) mass is 339 g/mol. The summed E-state index contributed by atoms with van der Waals surface area (Å²) in [5, 5.41) is 0. The first-order chi connectivity index (χ1) is 8.06. The van der Waals surface area contributed by atoms with E-state index in [-0.39, 0.29) is 5.56 Å². The molecule has 0 aliphatic heterocycles. The Bertz CT molecular complexity index is 581. The van der Waals surface area contributed by atoms with Crippen LogP contribution < -0.4 is 5.56 Å². The molecule has 0 fully saturated rings. The van der Waals surface area contributed by atoms with Gasteiger partial charge in [0.25, 0.3) is 5.56 Å². The van der Waals surface area contributed by atoms with Crippen LogP contribution in [0.4, 0.5) is 0 Å². The molecule has 17 heavy (non-hydrogen) atoms. The van der Waals surface area contributed by atoms with Gasteiger partial charge in [0.2, 0.25) is 0 Å². The molecule has 2 nitrogen and oxygen atoms in total. The van der Waals surface area contributed by atoms with Gasteiger partial charge in [-0.1, -0.05) is 29.3 Å². The van der Waals surface area contributed by atoms with Crippen LogP contribution in [0.3, 0.4) is 0 Å². The van der Waals surface area contributed by atoms with Crippen LogP contribution in [0, 0.1) is 17.4 Å². The van der Waals surface area contributed by atoms with Gasteiger partial charge >= 0.3 is 0 Å². The van der Waals surface area contributed by atoms with E-state index in [1.807, 2.05) is 18.3 Å². The SMILES string of the molecule is Cc1cc(C)cc(Cn2cccc(I)c2=O)c1. The number of hydrogen-bond acceptors (Lipinski definition) is 1. The second kappa shape index (κ2) is 5.04. The molecule has 0 aliphatic rings. The fourth-order valence-corrected chi connectivity index (χ4v) is 2.51. The van der Waals surface area contributed by atoms with Crippen molar-refractivity contribution < 1.29 is 0 Å². The van der Waals surface area contributed by atoms with Gasteiger partial charge in [-0.25, -0.2) is 0 Å². The predicted molar refractivity (Wildman–Crippen MR) is 78.4 cm³/mol. The van der Waals surface area contributed by atoms with Gasteiger partial charge in [0.1, 0.15) is 0 Å². The van der Waals surface area contributed by atoms with Crippen molar-refractivity contribution in [2.45, 2.75) is 20.4 Å². The van der Waals surface area contributed by atoms with E-state index >= 15 is 0 Å². The molecule has 0 radical (unpaired) electrons. The molecule has 1 heterocycles. The summed E-state index contributed by atoms with van der Waals surface area (Å²) in [6.45, 7) is 4.79. The summed E-state index contributed by atoms with van der Waals surface area (Å²) in [6, 6.07) is 10.1. The molecule has 0 N–H and O–H groups in total. The van der Waals surface area contributed by atoms with E-state index in [4.69, 9.17) is 0 Å². The van der Waals surface area contributed by atoms with Crippen molar-refractivity contribution in [2.75, 3.05) is 0 Å². The standard InChI is InChI=1S/C14H14INO/c1-10-6-11(2)8-12(7-10)9-16-5-3-4-13(15)14(16)17/h3-8H,9H2,1-2H3. The van der Waals surface area contributed by atoms with Gasteiger partial charge in [-0.2, -0.15) is 0 Å². The first-order valence-corrected chi connectivity index (χ1v) is 6.56. The maximum atomic E-state index is 11.9. The number of halogens is 1. The zero-order valence-electron chi connectivity index (χ0n) is 9.90. The lowest BCUT2D eigenvalue weighted by Gasteiger charge is -2.08. The van der Waals surface area contributed by atoms with E-state index in [0.717, 1.165) is 3.57 Å². The molecule has 2 rings (SSSR count). The Hall–Kier alpha value is -1.10. The fourth-order valence-electron chi connectivity index (χ4n) is 1.99. The smallest absolute Gasteiger partial charge is 0.264 e. The van der Waals surface area contributed by atoms with Crippen LogP contribution >= 0.6 is 22.6 Å². The molecule has 1 aromatic carbocycles. The minimum atomic E-state index is 0.0762. The van der Waals surface area contributed by atoms with E-state index in [9.17, 15) is 4.79 Å². The number of aryl methyl sites for hydroxylation is 2. The molecule has 0 saturated heterocycles. The maximum Gasteiger partial charge on any atom is 0.264 e. The van der Waals surface area contributed by atoms with Crippen molar-refractivity contribution in [3.8, 4) is 0 Å². The van der Waals surface area contributed by atoms with Crippen LogP contribution in [-0.4, -0.2) is 4.57 Å². The minimum absolute atomic E-state index is 0.0762. The van der Waals surface area contributed by atoms with Crippen LogP contribution in [0.2, 0.25) is 0 Å². The summed E-state index contributed by atoms with van der Waals surface area (Å²) in [5.41, 5.74) is 3.72. The molecule has 0 amide bonds. The normalized spacial score (nSPS) is 10.5. The van der Waals surface area contributed by atoms with E-state index in [1.54, 1.807) is 4.57 Å². The van der Waals surface area contributed by atoms with Gasteiger partial charge in [0, 0.05) is 6.20 Å². The summed E-state index contributed by atoms with van der Waals surface area (Å²) in [5.74, 6) is 0. The van der Waals surface area contributed by atoms with Gasteiger partial charge in [0.05, 0.1) is 10.1 Å². The molecule has 0 atom stereocenters. The topological polar surface area (TPSA) is 22.0 Å². The molecule has 2 aromatic rings. The number of aromatic nitrogens is 1. The number of benzene rings is 1. The molecule has 0 saturated carbocycles. The molecular weight excluding hydrogens is 325 g/mol. The van der Waals surface area contributed by atoms with Crippen LogP contribution in [-0.2, 0) is 6.54 Å². The van der Waals surface area contributed by atoms with Crippen molar-refractivity contribution >= 4 is 22.6 Å². The molecule has 0 aliphatic carbocycles. The van der Waals surface area contributed by atoms with Crippen LogP contribution in [0.25, 0.3) is 0 Å². The first-order valence-electron chi connectivity index (χ1n) is 5.48. The highest BCUT2D eigenvalue weighted by molar-refractivity contribution is 14.1. The molecule has 0 spiro atoms. The lowest BCUT2D eigenvalue weighted by molar-refractivity contribution is 0.753. The fraction of sp³-hybridized carbons (Fsp3) is 0.214. The van der Waals surface area contributed by atoms with E-state index in [0.29, 0.717) is 6.54 Å². The Balaban J connectivity index is 2.38. The third-order valence-electron chi connectivity index (χ3n) is 2.61. The lowest BCUT2D eigenvalue weighted by atomic mass is 10.1. The Kier molecular flexibility index (Phi) is 3.66. The minimum Gasteiger partial charge on any atom is -0.310 e. The number of hydrogen-bond donors (Lipinski definition) is 0. The molecule has 0 bridgehead atoms. The van der Waals surface area contributed by atoms with Crippen LogP contribution in [0.5, 0.6) is 0 Å². The zero-order valence-corrected chi connectivity index (χ0v) is 12.1. The molecule has 1 aromatic heterocycles. The Morgan fingerprint density at radius 3 is 2.47 bits per heavy atom. The van der Waals surface area contributed by atoms with Gasteiger partial charge in [0.15, 0.2) is 0 Å². The Labute approximate surface area is 114 Å². The van der Waals surface area contributed by atoms with Crippen molar-refractivity contribution in [2.24, 2.45) is 0 Å². The highest BCUT2D eigenvalue weighted by atomic mass is 127. The summed E-state index contributed by atoms with van der Waals surface area (Å²) < 4.78 is 2.50. The molecule has 3 heteroatoms. The highest BCUT2D eigenvalue weighted by Crippen LogP contribution is 2.10. The maximum absolute atomic E-state index is 11.9. The van der Waals surface area contributed by atoms with Crippen molar-refractivity contribution in [1.29, 1.82) is 0 Å². The predicted octanol–water partition coefficient (Wildman–Crippen LogP) is 3.12. The van der Waals surface area contributed by atoms with Crippen molar-refractivity contribution in [1.82, 2.24) is 4.57 Å². The zero-order chi connectivity index (χ0) is 12.4. The molecule has 0 unspecified atom stereocenters. The van der Waals surface area contributed by atoms with E-state index in [1.165, 1.54) is 16.7 Å².